The zero-order valence-electron chi connectivity index (χ0n) is 61.4. The van der Waals surface area contributed by atoms with E-state index in [4.69, 9.17) is 33.2 Å². The summed E-state index contributed by atoms with van der Waals surface area (Å²) in [6.45, 7) is 6.25. The number of hydrogen-bond donors (Lipinski definition) is 1. The van der Waals surface area contributed by atoms with Crippen LogP contribution in [0.15, 0.2) is 292 Å². The summed E-state index contributed by atoms with van der Waals surface area (Å²) in [5.74, 6) is 2.09. The Hall–Kier alpha value is -14.7. The van der Waals surface area contributed by atoms with E-state index in [1.54, 1.807) is 81.1 Å². The first kappa shape index (κ1) is 73.5. The van der Waals surface area contributed by atoms with Gasteiger partial charge in [0.15, 0.2) is 46.1 Å². The number of nitrogens with one attached hydrogen (secondary N) is 1. The van der Waals surface area contributed by atoms with Gasteiger partial charge < -0.3 is 33.2 Å². The highest BCUT2D eigenvalue weighted by Crippen LogP contribution is 2.44. The van der Waals surface area contributed by atoms with Crippen molar-refractivity contribution in [1.29, 1.82) is 0 Å². The molecule has 0 saturated heterocycles. The van der Waals surface area contributed by atoms with Gasteiger partial charge in [-0.15, -0.1) is 0 Å². The van der Waals surface area contributed by atoms with E-state index in [2.05, 4.69) is 90.6 Å². The number of aromatic nitrogens is 7. The molecule has 0 spiro atoms. The first-order valence-corrected chi connectivity index (χ1v) is 36.2. The number of H-pyrrole nitrogens is 1. The van der Waals surface area contributed by atoms with Crippen molar-refractivity contribution in [3.8, 4) is 152 Å². The molecule has 4 aliphatic heterocycles. The Morgan fingerprint density at radius 3 is 1.18 bits per heavy atom. The van der Waals surface area contributed by atoms with Crippen molar-refractivity contribution in [2.45, 2.75) is 27.2 Å². The molecule has 20 heteroatoms. The van der Waals surface area contributed by atoms with E-state index in [-0.39, 0.29) is 43.8 Å². The van der Waals surface area contributed by atoms with E-state index in [9.17, 15) is 26.7 Å². The molecular formula is C94H66F5N7O8. The average molecular weight is 1520 g/mol. The van der Waals surface area contributed by atoms with Crippen LogP contribution < -0.4 is 33.2 Å². The summed E-state index contributed by atoms with van der Waals surface area (Å²) in [6.07, 6.45) is 10.7. The monoisotopic (exact) mass is 1520 g/mol. The Kier molecular flexibility index (Phi) is 21.2. The van der Waals surface area contributed by atoms with E-state index < -0.39 is 11.6 Å². The molecule has 0 unspecified atom stereocenters. The molecule has 15 nitrogen and oxygen atoms in total. The smallest absolute Gasteiger partial charge is 0.315 e. The lowest BCUT2D eigenvalue weighted by molar-refractivity contribution is -0.131. The molecule has 0 atom stereocenters. The SMILES string of the molecule is Cc1cc(-c2ncccc2-c2ccc3c(c2)OC(=O)C3)ccc1F.Cc1cc(-c2ncccc2-c2ccc3c(c2)OCO3)ccc1F.Cc1cccc(-c2ncccc2-c2ccc3cn[nH]c3c2)c1.Fc1ccc(-c2ncccc2-c2ccc3c(c2)OCO3)cc1F.Fc1ccccc1-c1ncccc1-c1ccc2c(c1)OCO2. The molecule has 1 N–H and O–H groups in total. The van der Waals surface area contributed by atoms with Crippen LogP contribution in [0.3, 0.4) is 0 Å². The number of fused-ring (bicyclic) bond motifs is 5. The summed E-state index contributed by atoms with van der Waals surface area (Å²) < 4.78 is 105. The van der Waals surface area contributed by atoms with Crippen LogP contribution >= 0.6 is 0 Å². The molecule has 20 rings (SSSR count). The molecule has 0 saturated carbocycles. The van der Waals surface area contributed by atoms with Crippen LogP contribution in [0.25, 0.3) is 123 Å². The molecule has 0 aliphatic carbocycles. The number of carbonyl (C=O) groups excluding carboxylic acids is 1. The molecule has 0 amide bonds. The zero-order valence-corrected chi connectivity index (χ0v) is 61.4. The van der Waals surface area contributed by atoms with Gasteiger partial charge in [0.05, 0.1) is 46.6 Å². The third-order valence-corrected chi connectivity index (χ3v) is 19.3. The normalized spacial score (nSPS) is 12.2. The van der Waals surface area contributed by atoms with Crippen molar-refractivity contribution >= 4 is 16.9 Å². The summed E-state index contributed by atoms with van der Waals surface area (Å²) in [4.78, 5) is 33.7. The van der Waals surface area contributed by atoms with Crippen LogP contribution in [-0.4, -0.2) is 61.5 Å². The van der Waals surface area contributed by atoms with Crippen LogP contribution in [0.2, 0.25) is 0 Å². The minimum absolute atomic E-state index is 0.196. The number of benzene rings is 10. The van der Waals surface area contributed by atoms with Gasteiger partial charge >= 0.3 is 5.97 Å². The largest absolute Gasteiger partial charge is 0.454 e. The number of hydrogen-bond acceptors (Lipinski definition) is 14. The topological polar surface area (TPSA) is 175 Å². The van der Waals surface area contributed by atoms with E-state index in [1.165, 1.54) is 29.8 Å². The van der Waals surface area contributed by atoms with Crippen molar-refractivity contribution in [1.82, 2.24) is 35.1 Å². The van der Waals surface area contributed by atoms with Gasteiger partial charge in [-0.05, 0) is 211 Å². The summed E-state index contributed by atoms with van der Waals surface area (Å²) >= 11 is 0. The lowest BCUT2D eigenvalue weighted by Crippen LogP contribution is -2.00. The molecule has 6 aromatic heterocycles. The molecule has 4 aliphatic rings. The van der Waals surface area contributed by atoms with Crippen molar-refractivity contribution in [3.63, 3.8) is 0 Å². The number of nitrogens with zero attached hydrogens (tertiary/aromatic N) is 6. The number of halogens is 5. The molecule has 560 valence electrons. The highest BCUT2D eigenvalue weighted by atomic mass is 19.2. The van der Waals surface area contributed by atoms with Gasteiger partial charge in [0.2, 0.25) is 20.4 Å². The number of aromatic amines is 1. The minimum atomic E-state index is -0.898. The van der Waals surface area contributed by atoms with E-state index in [0.29, 0.717) is 63.1 Å². The summed E-state index contributed by atoms with van der Waals surface area (Å²) in [7, 11) is 0. The summed E-state index contributed by atoms with van der Waals surface area (Å²) in [6, 6.07) is 77.2. The van der Waals surface area contributed by atoms with Crippen molar-refractivity contribution in [2.75, 3.05) is 20.4 Å². The summed E-state index contributed by atoms with van der Waals surface area (Å²) in [5, 5.41) is 8.23. The molecule has 16 aromatic rings. The number of pyridine rings is 5. The zero-order chi connectivity index (χ0) is 78.2. The van der Waals surface area contributed by atoms with Gasteiger partial charge in [0.1, 0.15) is 23.2 Å². The lowest BCUT2D eigenvalue weighted by Gasteiger charge is -2.11. The predicted molar refractivity (Wildman–Crippen MR) is 427 cm³/mol. The molecule has 0 radical (unpaired) electrons. The Bertz CT molecular complexity index is 6170. The average Bonchev–Trinajstić information content (AvgIpc) is 1.37. The minimum Gasteiger partial charge on any atom is -0.454 e. The number of esters is 1. The van der Waals surface area contributed by atoms with Gasteiger partial charge in [-0.2, -0.15) is 5.10 Å². The third-order valence-electron chi connectivity index (χ3n) is 19.3. The molecule has 0 fully saturated rings. The van der Waals surface area contributed by atoms with Gasteiger partial charge in [0, 0.05) is 97.6 Å². The Morgan fingerprint density at radius 1 is 0.307 bits per heavy atom. The van der Waals surface area contributed by atoms with Gasteiger partial charge in [-0.3, -0.25) is 34.8 Å². The molecule has 0 bridgehead atoms. The van der Waals surface area contributed by atoms with E-state index in [0.717, 1.165) is 135 Å². The Labute approximate surface area is 651 Å². The Balaban J connectivity index is 0.000000107. The fourth-order valence-corrected chi connectivity index (χ4v) is 13.6. The maximum absolute atomic E-state index is 14.1. The number of rotatable bonds is 10. The van der Waals surface area contributed by atoms with Gasteiger partial charge in [-0.1, -0.05) is 109 Å². The quantitative estimate of drug-likeness (QED) is 0.0778. The van der Waals surface area contributed by atoms with Crippen LogP contribution in [0, 0.1) is 49.9 Å². The molecule has 114 heavy (non-hydrogen) atoms. The van der Waals surface area contributed by atoms with Gasteiger partial charge in [-0.25, -0.2) is 22.0 Å². The van der Waals surface area contributed by atoms with Crippen LogP contribution in [0.4, 0.5) is 22.0 Å². The Morgan fingerprint density at radius 2 is 0.702 bits per heavy atom. The molecular weight excluding hydrogens is 1450 g/mol. The van der Waals surface area contributed by atoms with Crippen molar-refractivity contribution in [2.24, 2.45) is 0 Å². The highest BCUT2D eigenvalue weighted by Gasteiger charge is 2.24. The number of carbonyl (C=O) groups is 1. The first-order chi connectivity index (χ1) is 55.7. The molecule has 10 aromatic carbocycles. The second kappa shape index (κ2) is 32.9. The fourth-order valence-electron chi connectivity index (χ4n) is 13.6. The van der Waals surface area contributed by atoms with Crippen LogP contribution in [-0.2, 0) is 11.2 Å². The third kappa shape index (κ3) is 16.0. The maximum Gasteiger partial charge on any atom is 0.315 e. The maximum atomic E-state index is 14.1. The number of aryl methyl sites for hydroxylation is 3. The fraction of sp³-hybridized carbons (Fsp3) is 0.0745. The van der Waals surface area contributed by atoms with Crippen molar-refractivity contribution < 1.29 is 59.9 Å². The first-order valence-electron chi connectivity index (χ1n) is 36.2. The predicted octanol–water partition coefficient (Wildman–Crippen LogP) is 22.2. The van der Waals surface area contributed by atoms with Crippen LogP contribution in [0.1, 0.15) is 22.3 Å². The van der Waals surface area contributed by atoms with Crippen molar-refractivity contribution in [3.05, 3.63) is 343 Å². The standard InChI is InChI=1S/C20H14FNO2.C19H14FNO2.C19H15N3.C18H11F2NO2.C18H12FNO2/c1-12-9-15(6-7-17(12)21)20-16(3-2-8-22-20)13-4-5-14-11-19(23)24-18(14)10-13;1-12-9-14(4-6-16(12)20)19-15(3-2-8-21-19)13-5-7-17-18(10-13)23-11-22-17;1-13-4-2-5-15(10-13)19-17(6-3-9-20-19)14-7-8-16-12-21-22-18(16)11-14;19-14-5-3-12(8-15(14)20)18-13(2-1-7-21-18)11-4-6-16-17(9-11)23-10-22-16;19-15-6-2-1-4-14(15)18-13(5-3-9-20-18)12-7-8-16-17(10-12)22-11-21-16/h2-10H,11H2,1H3;2-10H,11H2,1H3;2-12H,1H3,(H,21,22);1-9H,10H2;1-10H,11H2. The summed E-state index contributed by atoms with van der Waals surface area (Å²) in [5.41, 5.74) is 21.5. The van der Waals surface area contributed by atoms with E-state index in [1.807, 2.05) is 140 Å². The van der Waals surface area contributed by atoms with E-state index >= 15 is 0 Å². The number of ether oxygens (including phenoxy) is 7. The second-order valence-corrected chi connectivity index (χ2v) is 26.8. The second-order valence-electron chi connectivity index (χ2n) is 26.8. The van der Waals surface area contributed by atoms with Gasteiger partial charge in [0.25, 0.3) is 0 Å². The highest BCUT2D eigenvalue weighted by molar-refractivity contribution is 5.90. The molecule has 10 heterocycles. The lowest BCUT2D eigenvalue weighted by atomic mass is 9.97. The van der Waals surface area contributed by atoms with Crippen LogP contribution in [0.5, 0.6) is 40.2 Å².